The van der Waals surface area contributed by atoms with Crippen LogP contribution in [0.2, 0.25) is 0 Å². The van der Waals surface area contributed by atoms with Crippen molar-refractivity contribution in [2.24, 2.45) is 23.7 Å². The lowest BCUT2D eigenvalue weighted by atomic mass is 9.85. The molecule has 1 aromatic carbocycles. The molecule has 1 heterocycles. The number of benzene rings is 1. The minimum absolute atomic E-state index is 0.0965. The number of aryl methyl sites for hydroxylation is 2. The van der Waals surface area contributed by atoms with Gasteiger partial charge in [-0.05, 0) is 75.7 Å². The number of rotatable bonds is 21. The van der Waals surface area contributed by atoms with Crippen LogP contribution in [0.1, 0.15) is 100 Å². The van der Waals surface area contributed by atoms with E-state index in [1.54, 1.807) is 20.8 Å². The molecule has 3 rings (SSSR count). The van der Waals surface area contributed by atoms with E-state index >= 15 is 0 Å². The molecule has 0 amide bonds. The first-order valence-corrected chi connectivity index (χ1v) is 18.6. The molecule has 1 aromatic heterocycles. The van der Waals surface area contributed by atoms with Crippen LogP contribution in [0.25, 0.3) is 0 Å². The molecule has 0 radical (unpaired) electrons. The number of ether oxygens (including phenoxy) is 3. The van der Waals surface area contributed by atoms with Crippen LogP contribution in [-0.4, -0.2) is 56.5 Å². The zero-order chi connectivity index (χ0) is 38.8. The maximum atomic E-state index is 13.0. The summed E-state index contributed by atoms with van der Waals surface area (Å²) in [7, 11) is 0. The fraction of sp³-hybridized carbons (Fsp3) is 0.535. The molecule has 0 aliphatic heterocycles. The number of aromatic nitrogens is 1. The van der Waals surface area contributed by atoms with Crippen LogP contribution in [0.5, 0.6) is 5.75 Å². The van der Waals surface area contributed by atoms with Gasteiger partial charge in [0, 0.05) is 36.6 Å². The number of esters is 3. The number of carbonyl (C=O) groups excluding carboxylic acids is 3. The van der Waals surface area contributed by atoms with Crippen LogP contribution in [-0.2, 0) is 43.5 Å². The Bertz CT molecular complexity index is 1590. The van der Waals surface area contributed by atoms with Gasteiger partial charge in [-0.3, -0.25) is 19.4 Å². The average Bonchev–Trinajstić information content (AvgIpc) is 3.41. The first kappa shape index (κ1) is 42.9. The van der Waals surface area contributed by atoms with Crippen LogP contribution >= 0.6 is 0 Å². The fourth-order valence-electron chi connectivity index (χ4n) is 6.50. The number of aliphatic hydroxyl groups excluding tert-OH is 3. The second kappa shape index (κ2) is 22.6. The van der Waals surface area contributed by atoms with Gasteiger partial charge < -0.3 is 29.5 Å². The largest absolute Gasteiger partial charge is 0.461 e. The van der Waals surface area contributed by atoms with E-state index in [-0.39, 0.29) is 50.1 Å². The van der Waals surface area contributed by atoms with E-state index in [1.807, 2.05) is 42.5 Å². The summed E-state index contributed by atoms with van der Waals surface area (Å²) in [6.45, 7) is 4.55. The maximum Gasteiger partial charge on any atom is 0.311 e. The van der Waals surface area contributed by atoms with E-state index in [9.17, 15) is 29.7 Å². The summed E-state index contributed by atoms with van der Waals surface area (Å²) in [6, 6.07) is 10.0. The van der Waals surface area contributed by atoms with Gasteiger partial charge in [0.05, 0.1) is 35.8 Å². The molecular formula is C43H55NO9. The lowest BCUT2D eigenvalue weighted by Crippen LogP contribution is -2.23. The first-order valence-electron chi connectivity index (χ1n) is 18.6. The Labute approximate surface area is 314 Å². The summed E-state index contributed by atoms with van der Waals surface area (Å²) in [4.78, 5) is 42.4. The first-order chi connectivity index (χ1) is 25.4. The molecule has 10 heteroatoms. The fourth-order valence-corrected chi connectivity index (χ4v) is 6.50. The van der Waals surface area contributed by atoms with Gasteiger partial charge in [0.15, 0.2) is 5.75 Å². The lowest BCUT2D eigenvalue weighted by Gasteiger charge is -2.23. The van der Waals surface area contributed by atoms with Gasteiger partial charge in [-0.2, -0.15) is 0 Å². The van der Waals surface area contributed by atoms with Crippen molar-refractivity contribution < 1.29 is 43.9 Å². The van der Waals surface area contributed by atoms with Gasteiger partial charge in [0.25, 0.3) is 0 Å². The van der Waals surface area contributed by atoms with Gasteiger partial charge in [-0.15, -0.1) is 24.7 Å². The molecular weight excluding hydrogens is 674 g/mol. The molecule has 10 nitrogen and oxygen atoms in total. The Kier molecular flexibility index (Phi) is 18.3. The molecule has 0 spiro atoms. The number of unbranched alkanes of at least 4 members (excludes halogenated alkanes) is 1. The minimum Gasteiger partial charge on any atom is -0.461 e. The predicted octanol–water partition coefficient (Wildman–Crippen LogP) is 5.95. The highest BCUT2D eigenvalue weighted by Crippen LogP contribution is 2.38. The highest BCUT2D eigenvalue weighted by atomic mass is 16.6. The molecule has 7 atom stereocenters. The Balaban J connectivity index is 1.54. The number of pyridine rings is 1. The summed E-state index contributed by atoms with van der Waals surface area (Å²) in [5.74, 6) is 2.22. The molecule has 0 saturated heterocycles. The van der Waals surface area contributed by atoms with Crippen LogP contribution in [0.3, 0.4) is 0 Å². The number of carbonyl (C=O) groups is 3. The standard InChI is InChI=1S/C43H55NO9/c1-6-15-29(3)42(49)51-27-33-26-44-31(5)41(37(33)28-52-43(50)30(4)16-7-2)53-40(48)20-14-9-8-13-19-35-36(39(47)25-38(35)46)24-23-34(45)22-21-32-17-11-10-12-18-32/h1-2,8,10-13,17-18,26,29-30,34-36,38-39,45-47H,9,14-16,19-25,27-28H2,3-5H3/b13-8-/t29?,30?,34-,35+,36+,38-,39+/m0/s1. The molecule has 1 aliphatic carbocycles. The van der Waals surface area contributed by atoms with Gasteiger partial charge >= 0.3 is 17.9 Å². The van der Waals surface area contributed by atoms with Crippen molar-refractivity contribution in [3.8, 4) is 30.4 Å². The number of allylic oxidation sites excluding steroid dienone is 2. The number of hydrogen-bond acceptors (Lipinski definition) is 10. The summed E-state index contributed by atoms with van der Waals surface area (Å²) in [5.41, 5.74) is 2.35. The smallest absolute Gasteiger partial charge is 0.311 e. The Morgan fingerprint density at radius 3 is 2.25 bits per heavy atom. The van der Waals surface area contributed by atoms with E-state index in [4.69, 9.17) is 27.1 Å². The zero-order valence-corrected chi connectivity index (χ0v) is 31.2. The second-order valence-corrected chi connectivity index (χ2v) is 14.0. The molecule has 1 fully saturated rings. The summed E-state index contributed by atoms with van der Waals surface area (Å²) >= 11 is 0. The molecule has 286 valence electrons. The monoisotopic (exact) mass is 729 g/mol. The zero-order valence-electron chi connectivity index (χ0n) is 31.2. The lowest BCUT2D eigenvalue weighted by molar-refractivity contribution is -0.150. The van der Waals surface area contributed by atoms with Gasteiger partial charge in [0.1, 0.15) is 13.2 Å². The molecule has 53 heavy (non-hydrogen) atoms. The SMILES string of the molecule is C#CCC(C)C(=O)OCc1cnc(C)c(OC(=O)CCC/C=C\C[C@@H]2[C@@H](CC[C@@H](O)CCc3ccccc3)[C@H](O)C[C@@H]2O)c1COC(=O)C(C)CC#C. The van der Waals surface area contributed by atoms with Gasteiger partial charge in [-0.25, -0.2) is 0 Å². The van der Waals surface area contributed by atoms with E-state index < -0.39 is 48.1 Å². The quantitative estimate of drug-likeness (QED) is 0.0609. The molecule has 1 aliphatic rings. The molecule has 3 N–H and O–H groups in total. The third-order valence-electron chi connectivity index (χ3n) is 9.79. The summed E-state index contributed by atoms with van der Waals surface area (Å²) in [6.07, 6.45) is 19.5. The molecule has 1 saturated carbocycles. The molecule has 2 unspecified atom stereocenters. The third-order valence-corrected chi connectivity index (χ3v) is 9.79. The normalized spacial score (nSPS) is 19.8. The van der Waals surface area contributed by atoms with Crippen molar-refractivity contribution in [3.05, 3.63) is 71.1 Å². The van der Waals surface area contributed by atoms with Crippen LogP contribution < -0.4 is 4.74 Å². The van der Waals surface area contributed by atoms with Crippen LogP contribution in [0, 0.1) is 55.3 Å². The van der Waals surface area contributed by atoms with Gasteiger partial charge in [0.2, 0.25) is 0 Å². The van der Waals surface area contributed by atoms with Crippen molar-refractivity contribution in [2.75, 3.05) is 0 Å². The third kappa shape index (κ3) is 14.1. The second-order valence-electron chi connectivity index (χ2n) is 14.0. The predicted molar refractivity (Wildman–Crippen MR) is 201 cm³/mol. The summed E-state index contributed by atoms with van der Waals surface area (Å²) in [5, 5.41) is 31.9. The average molecular weight is 730 g/mol. The highest BCUT2D eigenvalue weighted by Gasteiger charge is 2.40. The highest BCUT2D eigenvalue weighted by molar-refractivity contribution is 5.74. The van der Waals surface area contributed by atoms with Crippen molar-refractivity contribution in [3.63, 3.8) is 0 Å². The number of terminal acetylenes is 2. The Morgan fingerprint density at radius 2 is 1.58 bits per heavy atom. The molecule has 0 bridgehead atoms. The van der Waals surface area contributed by atoms with Crippen molar-refractivity contribution >= 4 is 17.9 Å². The van der Waals surface area contributed by atoms with E-state index in [0.717, 1.165) is 6.42 Å². The van der Waals surface area contributed by atoms with E-state index in [1.165, 1.54) is 11.8 Å². The van der Waals surface area contributed by atoms with Crippen molar-refractivity contribution in [1.29, 1.82) is 0 Å². The topological polar surface area (TPSA) is 152 Å². The number of hydrogen-bond donors (Lipinski definition) is 3. The number of aliphatic hydroxyl groups is 3. The Hall–Kier alpha value is -4.48. The maximum absolute atomic E-state index is 13.0. The van der Waals surface area contributed by atoms with Crippen molar-refractivity contribution in [1.82, 2.24) is 4.98 Å². The van der Waals surface area contributed by atoms with Crippen molar-refractivity contribution in [2.45, 2.75) is 123 Å². The number of nitrogens with zero attached hydrogens (tertiary/aromatic N) is 1. The van der Waals surface area contributed by atoms with E-state index in [2.05, 4.69) is 16.8 Å². The van der Waals surface area contributed by atoms with E-state index in [0.29, 0.717) is 61.8 Å². The van der Waals surface area contributed by atoms with Gasteiger partial charge in [-0.1, -0.05) is 56.3 Å². The Morgan fingerprint density at radius 1 is 0.943 bits per heavy atom. The minimum atomic E-state index is -0.618. The van der Waals surface area contributed by atoms with Crippen LogP contribution in [0.4, 0.5) is 0 Å². The summed E-state index contributed by atoms with van der Waals surface area (Å²) < 4.78 is 16.7. The van der Waals surface area contributed by atoms with Crippen LogP contribution in [0.15, 0.2) is 48.7 Å². The molecule has 2 aromatic rings.